The molecule has 118 valence electrons. The van der Waals surface area contributed by atoms with Gasteiger partial charge in [-0.25, -0.2) is 0 Å². The Morgan fingerprint density at radius 3 is 1.77 bits per heavy atom. The molecule has 22 heavy (non-hydrogen) atoms. The van der Waals surface area contributed by atoms with Crippen LogP contribution >= 0.6 is 0 Å². The second-order valence-corrected chi connectivity index (χ2v) is 5.47. The number of hydrogen-bond donors (Lipinski definition) is 0. The first-order chi connectivity index (χ1) is 10.5. The molecule has 2 aromatic rings. The number of rotatable bonds is 4. The van der Waals surface area contributed by atoms with Gasteiger partial charge in [0, 0.05) is 16.7 Å². The van der Waals surface area contributed by atoms with Gasteiger partial charge in [-0.05, 0) is 50.5 Å². The molecule has 0 heterocycles. The summed E-state index contributed by atoms with van der Waals surface area (Å²) in [7, 11) is 5.11. The average Bonchev–Trinajstić information content (AvgIpc) is 2.51. The molecule has 3 heteroatoms. The zero-order valence-corrected chi connectivity index (χ0v) is 14.5. The summed E-state index contributed by atoms with van der Waals surface area (Å²) < 4.78 is 17.0. The van der Waals surface area contributed by atoms with Crippen LogP contribution in [-0.2, 0) is 0 Å². The van der Waals surface area contributed by atoms with E-state index < -0.39 is 0 Å². The lowest BCUT2D eigenvalue weighted by Crippen LogP contribution is -2.03. The predicted octanol–water partition coefficient (Wildman–Crippen LogP) is 4.61. The molecular weight excluding hydrogens is 276 g/mol. The minimum Gasteiger partial charge on any atom is -0.496 e. The molecule has 0 radical (unpaired) electrons. The first-order valence-corrected chi connectivity index (χ1v) is 7.33. The van der Waals surface area contributed by atoms with E-state index in [1.807, 2.05) is 12.1 Å². The molecule has 2 aromatic carbocycles. The van der Waals surface area contributed by atoms with Gasteiger partial charge in [-0.15, -0.1) is 0 Å². The van der Waals surface area contributed by atoms with E-state index in [0.29, 0.717) is 0 Å². The Hall–Kier alpha value is -2.16. The summed E-state index contributed by atoms with van der Waals surface area (Å²) in [5, 5.41) is 0. The number of ether oxygens (including phenoxy) is 3. The van der Waals surface area contributed by atoms with Crippen LogP contribution in [0.2, 0.25) is 0 Å². The average molecular weight is 300 g/mol. The van der Waals surface area contributed by atoms with Gasteiger partial charge in [0.1, 0.15) is 17.2 Å². The molecule has 0 spiro atoms. The van der Waals surface area contributed by atoms with Crippen molar-refractivity contribution in [2.75, 3.05) is 21.3 Å². The van der Waals surface area contributed by atoms with Gasteiger partial charge in [-0.1, -0.05) is 12.1 Å². The van der Waals surface area contributed by atoms with Crippen LogP contribution in [0.5, 0.6) is 17.2 Å². The zero-order chi connectivity index (χ0) is 16.4. The van der Waals surface area contributed by atoms with E-state index in [1.165, 1.54) is 0 Å². The quantitative estimate of drug-likeness (QED) is 0.825. The summed E-state index contributed by atoms with van der Waals surface area (Å²) in [4.78, 5) is 0. The minimum atomic E-state index is 0.840. The highest BCUT2D eigenvalue weighted by Crippen LogP contribution is 2.47. The van der Waals surface area contributed by atoms with Crippen LogP contribution in [0.1, 0.15) is 22.3 Å². The second kappa shape index (κ2) is 6.30. The van der Waals surface area contributed by atoms with Crippen LogP contribution in [0.4, 0.5) is 0 Å². The van der Waals surface area contributed by atoms with Crippen LogP contribution in [-0.4, -0.2) is 21.3 Å². The number of benzene rings is 2. The van der Waals surface area contributed by atoms with Gasteiger partial charge in [-0.2, -0.15) is 0 Å². The fraction of sp³-hybridized carbons (Fsp3) is 0.368. The molecule has 0 atom stereocenters. The van der Waals surface area contributed by atoms with Gasteiger partial charge >= 0.3 is 0 Å². The smallest absolute Gasteiger partial charge is 0.130 e. The van der Waals surface area contributed by atoms with E-state index in [-0.39, 0.29) is 0 Å². The van der Waals surface area contributed by atoms with Crippen LogP contribution in [0.25, 0.3) is 11.1 Å². The number of methoxy groups -OCH3 is 3. The zero-order valence-electron chi connectivity index (χ0n) is 14.5. The summed E-state index contributed by atoms with van der Waals surface area (Å²) in [6, 6.07) is 6.05. The first-order valence-electron chi connectivity index (χ1n) is 7.33. The highest BCUT2D eigenvalue weighted by molar-refractivity contribution is 5.85. The highest BCUT2D eigenvalue weighted by Gasteiger charge is 2.23. The Morgan fingerprint density at radius 1 is 0.636 bits per heavy atom. The molecule has 0 aliphatic rings. The predicted molar refractivity (Wildman–Crippen MR) is 90.5 cm³/mol. The van der Waals surface area contributed by atoms with E-state index in [4.69, 9.17) is 14.2 Å². The maximum absolute atomic E-state index is 5.74. The summed E-state index contributed by atoms with van der Waals surface area (Å²) in [5.41, 5.74) is 6.50. The van der Waals surface area contributed by atoms with Crippen molar-refractivity contribution in [2.24, 2.45) is 0 Å². The Kier molecular flexibility index (Phi) is 4.65. The molecule has 0 aliphatic carbocycles. The van der Waals surface area contributed by atoms with E-state index in [2.05, 4.69) is 33.8 Å². The Balaban J connectivity index is 2.95. The number of hydrogen-bond acceptors (Lipinski definition) is 3. The summed E-state index contributed by atoms with van der Waals surface area (Å²) in [6.07, 6.45) is 0. The van der Waals surface area contributed by atoms with Gasteiger partial charge in [0.05, 0.1) is 21.3 Å². The van der Waals surface area contributed by atoms with Crippen molar-refractivity contribution in [3.8, 4) is 28.4 Å². The van der Waals surface area contributed by atoms with Crippen molar-refractivity contribution in [3.63, 3.8) is 0 Å². The van der Waals surface area contributed by atoms with Crippen LogP contribution in [0.3, 0.4) is 0 Å². The SMILES string of the molecule is COc1cccc(C)c1-c1c(C)c(OC)c(C)c(C)c1OC. The largest absolute Gasteiger partial charge is 0.496 e. The van der Waals surface area contributed by atoms with Crippen LogP contribution in [0.15, 0.2) is 18.2 Å². The summed E-state index contributed by atoms with van der Waals surface area (Å²) >= 11 is 0. The molecule has 0 saturated carbocycles. The molecule has 0 saturated heterocycles. The normalized spacial score (nSPS) is 10.5. The molecule has 3 nitrogen and oxygen atoms in total. The Labute approximate surface area is 132 Å². The molecule has 0 aliphatic heterocycles. The van der Waals surface area contributed by atoms with Crippen molar-refractivity contribution in [1.29, 1.82) is 0 Å². The molecular formula is C19H24O3. The summed E-state index contributed by atoms with van der Waals surface area (Å²) in [6.45, 7) is 8.26. The molecule has 0 unspecified atom stereocenters. The van der Waals surface area contributed by atoms with Gasteiger partial charge in [0.15, 0.2) is 0 Å². The topological polar surface area (TPSA) is 27.7 Å². The lowest BCUT2D eigenvalue weighted by atomic mass is 9.90. The van der Waals surface area contributed by atoms with Crippen LogP contribution in [0, 0.1) is 27.7 Å². The van der Waals surface area contributed by atoms with Crippen molar-refractivity contribution < 1.29 is 14.2 Å². The first kappa shape index (κ1) is 16.2. The van der Waals surface area contributed by atoms with Gasteiger partial charge in [-0.3, -0.25) is 0 Å². The molecule has 0 N–H and O–H groups in total. The molecule has 0 fully saturated rings. The van der Waals surface area contributed by atoms with E-state index in [1.54, 1.807) is 21.3 Å². The van der Waals surface area contributed by atoms with E-state index >= 15 is 0 Å². The fourth-order valence-corrected chi connectivity index (χ4v) is 3.09. The standard InChI is InChI=1S/C19H24O3/c1-11-9-8-10-15(20-5)16(11)17-14(4)18(21-6)12(2)13(3)19(17)22-7/h8-10H,1-7H3. The van der Waals surface area contributed by atoms with Crippen molar-refractivity contribution in [2.45, 2.75) is 27.7 Å². The number of aryl methyl sites for hydroxylation is 1. The van der Waals surface area contributed by atoms with Gasteiger partial charge in [0.2, 0.25) is 0 Å². The third-order valence-corrected chi connectivity index (χ3v) is 4.30. The Bertz CT molecular complexity index is 703. The second-order valence-electron chi connectivity index (χ2n) is 5.47. The lowest BCUT2D eigenvalue weighted by molar-refractivity contribution is 0.395. The molecule has 2 rings (SSSR count). The molecule has 0 aromatic heterocycles. The van der Waals surface area contributed by atoms with Crippen molar-refractivity contribution >= 4 is 0 Å². The third-order valence-electron chi connectivity index (χ3n) is 4.30. The maximum atomic E-state index is 5.74. The Morgan fingerprint density at radius 2 is 1.23 bits per heavy atom. The molecule has 0 bridgehead atoms. The lowest BCUT2D eigenvalue weighted by Gasteiger charge is -2.22. The van der Waals surface area contributed by atoms with Crippen LogP contribution < -0.4 is 14.2 Å². The highest BCUT2D eigenvalue weighted by atomic mass is 16.5. The minimum absolute atomic E-state index is 0.840. The molecule has 0 amide bonds. The summed E-state index contributed by atoms with van der Waals surface area (Å²) in [5.74, 6) is 2.62. The fourth-order valence-electron chi connectivity index (χ4n) is 3.09. The maximum Gasteiger partial charge on any atom is 0.130 e. The van der Waals surface area contributed by atoms with Crippen molar-refractivity contribution in [3.05, 3.63) is 40.5 Å². The monoisotopic (exact) mass is 300 g/mol. The van der Waals surface area contributed by atoms with Gasteiger partial charge < -0.3 is 14.2 Å². The third kappa shape index (κ3) is 2.41. The van der Waals surface area contributed by atoms with E-state index in [0.717, 1.165) is 50.6 Å². The van der Waals surface area contributed by atoms with Gasteiger partial charge in [0.25, 0.3) is 0 Å². The van der Waals surface area contributed by atoms with Crippen molar-refractivity contribution in [1.82, 2.24) is 0 Å². The van der Waals surface area contributed by atoms with E-state index in [9.17, 15) is 0 Å².